The highest BCUT2D eigenvalue weighted by Crippen LogP contribution is 2.36. The molecule has 23 heavy (non-hydrogen) atoms. The number of para-hydroxylation sites is 1. The lowest BCUT2D eigenvalue weighted by Crippen LogP contribution is -2.28. The molecule has 1 saturated heterocycles. The average Bonchev–Trinajstić information content (AvgIpc) is 2.82. The van der Waals surface area contributed by atoms with Crippen LogP contribution in [0.2, 0.25) is 0 Å². The van der Waals surface area contributed by atoms with Gasteiger partial charge in [0.2, 0.25) is 0 Å². The quantitative estimate of drug-likeness (QED) is 0.866. The van der Waals surface area contributed by atoms with Crippen LogP contribution in [0, 0.1) is 12.3 Å². The number of nitrogens with zero attached hydrogens (tertiary/aromatic N) is 1. The molecule has 116 valence electrons. The highest BCUT2D eigenvalue weighted by atomic mass is 32.2. The van der Waals surface area contributed by atoms with Crippen LogP contribution in [0.15, 0.2) is 53.4 Å². The lowest BCUT2D eigenvalue weighted by atomic mass is 10.1. The number of aryl methyl sites for hydroxylation is 1. The average molecular weight is 324 g/mol. The van der Waals surface area contributed by atoms with E-state index >= 15 is 0 Å². The Labute approximate surface area is 139 Å². The summed E-state index contributed by atoms with van der Waals surface area (Å²) in [6.45, 7) is 1.96. The Bertz CT molecular complexity index is 814. The summed E-state index contributed by atoms with van der Waals surface area (Å²) in [5, 5.41) is 8.34. The van der Waals surface area contributed by atoms with Crippen LogP contribution in [-0.2, 0) is 4.79 Å². The molecule has 0 atom stereocenters. The van der Waals surface area contributed by atoms with Crippen molar-refractivity contribution in [1.82, 2.24) is 0 Å². The maximum Gasteiger partial charge on any atom is 0.271 e. The van der Waals surface area contributed by atoms with Crippen molar-refractivity contribution < 1.29 is 9.53 Å². The van der Waals surface area contributed by atoms with Crippen LogP contribution in [0.5, 0.6) is 5.75 Å². The van der Waals surface area contributed by atoms with Crippen molar-refractivity contribution in [3.63, 3.8) is 0 Å². The minimum atomic E-state index is -0.184. The van der Waals surface area contributed by atoms with E-state index in [2.05, 4.69) is 0 Å². The molecule has 0 saturated carbocycles. The van der Waals surface area contributed by atoms with Gasteiger partial charge < -0.3 is 4.74 Å². The molecule has 2 aromatic carbocycles. The number of hydrogen-bond acceptors (Lipinski definition) is 4. The van der Waals surface area contributed by atoms with E-state index in [9.17, 15) is 4.79 Å². The smallest absolute Gasteiger partial charge is 0.271 e. The Morgan fingerprint density at radius 2 is 1.96 bits per heavy atom. The molecule has 0 unspecified atom stereocenters. The molecule has 3 rings (SSSR count). The van der Waals surface area contributed by atoms with Crippen molar-refractivity contribution in [3.8, 4) is 5.75 Å². The van der Waals surface area contributed by atoms with Crippen LogP contribution in [-0.4, -0.2) is 18.2 Å². The van der Waals surface area contributed by atoms with Gasteiger partial charge in [-0.25, -0.2) is 0 Å². The van der Waals surface area contributed by atoms with Crippen molar-refractivity contribution in [1.29, 1.82) is 5.41 Å². The highest BCUT2D eigenvalue weighted by Gasteiger charge is 2.33. The number of carbonyl (C=O) groups excluding carboxylic acids is 1. The fraction of sp³-hybridized carbons (Fsp3) is 0.111. The molecule has 4 nitrogen and oxygen atoms in total. The third-order valence-electron chi connectivity index (χ3n) is 3.51. The number of amidine groups is 1. The number of rotatable bonds is 3. The molecular weight excluding hydrogens is 308 g/mol. The number of hydrogen-bond donors (Lipinski definition) is 1. The molecule has 0 aromatic heterocycles. The van der Waals surface area contributed by atoms with Gasteiger partial charge in [0.25, 0.3) is 5.91 Å². The number of nitrogens with one attached hydrogen (secondary N) is 1. The number of benzene rings is 2. The fourth-order valence-electron chi connectivity index (χ4n) is 2.42. The van der Waals surface area contributed by atoms with Gasteiger partial charge in [-0.05, 0) is 48.5 Å². The number of thioether (sulfide) groups is 1. The molecule has 1 heterocycles. The maximum absolute atomic E-state index is 12.7. The second kappa shape index (κ2) is 6.30. The van der Waals surface area contributed by atoms with E-state index in [-0.39, 0.29) is 11.1 Å². The maximum atomic E-state index is 12.7. The molecule has 0 bridgehead atoms. The molecular formula is C18H16N2O2S. The van der Waals surface area contributed by atoms with Crippen LogP contribution in [0.4, 0.5) is 5.69 Å². The topological polar surface area (TPSA) is 53.4 Å². The summed E-state index contributed by atoms with van der Waals surface area (Å²) in [7, 11) is 1.60. The van der Waals surface area contributed by atoms with Gasteiger partial charge in [-0.2, -0.15) is 0 Å². The summed E-state index contributed by atoms with van der Waals surface area (Å²) in [5.74, 6) is 0.519. The zero-order valence-corrected chi connectivity index (χ0v) is 13.7. The monoisotopic (exact) mass is 324 g/mol. The van der Waals surface area contributed by atoms with Crippen LogP contribution in [0.3, 0.4) is 0 Å². The van der Waals surface area contributed by atoms with E-state index in [4.69, 9.17) is 10.1 Å². The second-order valence-electron chi connectivity index (χ2n) is 5.14. The van der Waals surface area contributed by atoms with Crippen LogP contribution >= 0.6 is 11.8 Å². The molecule has 0 spiro atoms. The molecule has 1 fully saturated rings. The summed E-state index contributed by atoms with van der Waals surface area (Å²) >= 11 is 1.16. The van der Waals surface area contributed by atoms with Crippen molar-refractivity contribution in [3.05, 3.63) is 64.6 Å². The van der Waals surface area contributed by atoms with Crippen molar-refractivity contribution in [2.75, 3.05) is 12.0 Å². The van der Waals surface area contributed by atoms with Gasteiger partial charge in [0.05, 0.1) is 17.7 Å². The second-order valence-corrected chi connectivity index (χ2v) is 6.17. The molecule has 1 aliphatic heterocycles. The first-order chi connectivity index (χ1) is 11.1. The van der Waals surface area contributed by atoms with Crippen molar-refractivity contribution >= 4 is 34.6 Å². The van der Waals surface area contributed by atoms with E-state index in [0.29, 0.717) is 10.7 Å². The zero-order chi connectivity index (χ0) is 16.4. The molecule has 5 heteroatoms. The predicted molar refractivity (Wildman–Crippen MR) is 95.0 cm³/mol. The lowest BCUT2D eigenvalue weighted by Gasteiger charge is -2.14. The first kappa shape index (κ1) is 15.4. The van der Waals surface area contributed by atoms with Gasteiger partial charge in [-0.3, -0.25) is 15.1 Å². The van der Waals surface area contributed by atoms with Crippen molar-refractivity contribution in [2.24, 2.45) is 0 Å². The van der Waals surface area contributed by atoms with Gasteiger partial charge in [0, 0.05) is 5.56 Å². The Morgan fingerprint density at radius 1 is 1.17 bits per heavy atom. The SMILES string of the molecule is COc1ccccc1/C=C1\SC(=N)N(c2cccc(C)c2)C1=O. The minimum Gasteiger partial charge on any atom is -0.496 e. The van der Waals surface area contributed by atoms with Crippen molar-refractivity contribution in [2.45, 2.75) is 6.92 Å². The molecule has 2 aromatic rings. The third kappa shape index (κ3) is 3.00. The summed E-state index contributed by atoms with van der Waals surface area (Å²) in [6, 6.07) is 15.1. The molecule has 0 radical (unpaired) electrons. The van der Waals surface area contributed by atoms with E-state index < -0.39 is 0 Å². The largest absolute Gasteiger partial charge is 0.496 e. The Morgan fingerprint density at radius 3 is 2.70 bits per heavy atom. The molecule has 0 aliphatic carbocycles. The zero-order valence-electron chi connectivity index (χ0n) is 12.9. The van der Waals surface area contributed by atoms with Gasteiger partial charge >= 0.3 is 0 Å². The fourth-order valence-corrected chi connectivity index (χ4v) is 3.27. The summed E-state index contributed by atoms with van der Waals surface area (Å²) in [6.07, 6.45) is 1.77. The Kier molecular flexibility index (Phi) is 4.21. The van der Waals surface area contributed by atoms with Gasteiger partial charge in [0.15, 0.2) is 5.17 Å². The molecule has 1 N–H and O–H groups in total. The number of carbonyl (C=O) groups is 1. The van der Waals surface area contributed by atoms with E-state index in [1.165, 1.54) is 4.90 Å². The Balaban J connectivity index is 1.97. The third-order valence-corrected chi connectivity index (χ3v) is 4.40. The predicted octanol–water partition coefficient (Wildman–Crippen LogP) is 4.06. The normalized spacial score (nSPS) is 16.3. The van der Waals surface area contributed by atoms with Gasteiger partial charge in [0.1, 0.15) is 5.75 Å². The number of ether oxygens (including phenoxy) is 1. The van der Waals surface area contributed by atoms with E-state index in [1.807, 2.05) is 55.5 Å². The van der Waals surface area contributed by atoms with Gasteiger partial charge in [-0.1, -0.05) is 30.3 Å². The first-order valence-corrected chi connectivity index (χ1v) is 7.94. The lowest BCUT2D eigenvalue weighted by molar-refractivity contribution is -0.113. The molecule has 1 amide bonds. The summed E-state index contributed by atoms with van der Waals surface area (Å²) < 4.78 is 5.31. The van der Waals surface area contributed by atoms with E-state index in [0.717, 1.165) is 28.6 Å². The standard InChI is InChI=1S/C18H16N2O2S/c1-12-6-5-8-14(10-12)20-17(21)16(23-18(20)19)11-13-7-3-4-9-15(13)22-2/h3-11,19H,1-2H3/b16-11-,19-18?. The summed E-state index contributed by atoms with van der Waals surface area (Å²) in [5.41, 5.74) is 2.59. The minimum absolute atomic E-state index is 0.184. The van der Waals surface area contributed by atoms with E-state index in [1.54, 1.807) is 13.2 Å². The molecule has 1 aliphatic rings. The number of anilines is 1. The number of amides is 1. The van der Waals surface area contributed by atoms with Crippen LogP contribution < -0.4 is 9.64 Å². The van der Waals surface area contributed by atoms with Gasteiger partial charge in [-0.15, -0.1) is 0 Å². The van der Waals surface area contributed by atoms with Crippen LogP contribution in [0.25, 0.3) is 6.08 Å². The number of methoxy groups -OCH3 is 1. The summed E-state index contributed by atoms with van der Waals surface area (Å²) in [4.78, 5) is 14.6. The highest BCUT2D eigenvalue weighted by molar-refractivity contribution is 8.19. The first-order valence-electron chi connectivity index (χ1n) is 7.12. The van der Waals surface area contributed by atoms with Crippen LogP contribution in [0.1, 0.15) is 11.1 Å². The Hall–Kier alpha value is -2.53.